The molecule has 0 radical (unpaired) electrons. The average Bonchev–Trinajstić information content (AvgIpc) is 2.44. The fraction of sp³-hybridized carbons (Fsp3) is 0.250. The van der Waals surface area contributed by atoms with Gasteiger partial charge in [-0.05, 0) is 30.2 Å². The molecule has 5 heteroatoms. The van der Waals surface area contributed by atoms with Crippen LogP contribution in [0.2, 0.25) is 0 Å². The van der Waals surface area contributed by atoms with Crippen molar-refractivity contribution in [3.63, 3.8) is 0 Å². The number of nitrogens with zero attached hydrogens (tertiary/aromatic N) is 1. The SMILES string of the molecule is CC(C)CNc1nc2cc[nH]c(=O)c2c2cc(F)ccc12. The Bertz CT molecular complexity index is 870. The Morgan fingerprint density at radius 3 is 2.86 bits per heavy atom. The van der Waals surface area contributed by atoms with Gasteiger partial charge in [-0.1, -0.05) is 13.8 Å². The molecule has 3 aromatic rings. The highest BCUT2D eigenvalue weighted by atomic mass is 19.1. The van der Waals surface area contributed by atoms with Crippen molar-refractivity contribution in [2.45, 2.75) is 13.8 Å². The van der Waals surface area contributed by atoms with Gasteiger partial charge in [0.15, 0.2) is 0 Å². The van der Waals surface area contributed by atoms with E-state index >= 15 is 0 Å². The van der Waals surface area contributed by atoms with Gasteiger partial charge in [0.05, 0.1) is 10.9 Å². The number of anilines is 1. The lowest BCUT2D eigenvalue weighted by molar-refractivity contribution is 0.630. The number of pyridine rings is 2. The molecule has 0 aliphatic heterocycles. The molecule has 0 aliphatic rings. The van der Waals surface area contributed by atoms with Crippen LogP contribution in [0.25, 0.3) is 21.7 Å². The summed E-state index contributed by atoms with van der Waals surface area (Å²) in [4.78, 5) is 19.2. The van der Waals surface area contributed by atoms with Crippen LogP contribution in [-0.4, -0.2) is 16.5 Å². The third-order valence-corrected chi connectivity index (χ3v) is 3.35. The predicted molar refractivity (Wildman–Crippen MR) is 83.2 cm³/mol. The van der Waals surface area contributed by atoms with Crippen LogP contribution in [0, 0.1) is 11.7 Å². The first-order valence-electron chi connectivity index (χ1n) is 6.91. The summed E-state index contributed by atoms with van der Waals surface area (Å²) in [6, 6.07) is 6.15. The van der Waals surface area contributed by atoms with Crippen molar-refractivity contribution in [1.29, 1.82) is 0 Å². The Kier molecular flexibility index (Phi) is 3.33. The molecule has 1 aromatic carbocycles. The summed E-state index contributed by atoms with van der Waals surface area (Å²) in [6.07, 6.45) is 1.55. The molecule has 0 saturated heterocycles. The van der Waals surface area contributed by atoms with Crippen LogP contribution in [0.5, 0.6) is 0 Å². The Morgan fingerprint density at radius 1 is 1.29 bits per heavy atom. The number of H-pyrrole nitrogens is 1. The zero-order valence-electron chi connectivity index (χ0n) is 11.9. The second-order valence-electron chi connectivity index (χ2n) is 5.49. The largest absolute Gasteiger partial charge is 0.369 e. The zero-order valence-corrected chi connectivity index (χ0v) is 11.9. The number of hydrogen-bond donors (Lipinski definition) is 2. The number of benzene rings is 1. The van der Waals surface area contributed by atoms with Gasteiger partial charge in [0.2, 0.25) is 0 Å². The van der Waals surface area contributed by atoms with Crippen molar-refractivity contribution in [3.8, 4) is 0 Å². The van der Waals surface area contributed by atoms with E-state index in [1.54, 1.807) is 18.3 Å². The van der Waals surface area contributed by atoms with Gasteiger partial charge in [-0.3, -0.25) is 4.79 Å². The summed E-state index contributed by atoms with van der Waals surface area (Å²) < 4.78 is 13.6. The van der Waals surface area contributed by atoms with Gasteiger partial charge in [-0.25, -0.2) is 9.37 Å². The smallest absolute Gasteiger partial charge is 0.258 e. The molecular formula is C16H16FN3O. The Hall–Kier alpha value is -2.43. The fourth-order valence-electron chi connectivity index (χ4n) is 2.37. The number of fused-ring (bicyclic) bond motifs is 3. The Labute approximate surface area is 121 Å². The number of hydrogen-bond acceptors (Lipinski definition) is 3. The lowest BCUT2D eigenvalue weighted by Gasteiger charge is -2.12. The molecule has 21 heavy (non-hydrogen) atoms. The maximum absolute atomic E-state index is 13.6. The van der Waals surface area contributed by atoms with Crippen molar-refractivity contribution >= 4 is 27.5 Å². The molecule has 0 bridgehead atoms. The van der Waals surface area contributed by atoms with Gasteiger partial charge in [0, 0.05) is 23.5 Å². The summed E-state index contributed by atoms with van der Waals surface area (Å²) >= 11 is 0. The van der Waals surface area contributed by atoms with Crippen molar-refractivity contribution < 1.29 is 4.39 Å². The van der Waals surface area contributed by atoms with Crippen LogP contribution >= 0.6 is 0 Å². The highest BCUT2D eigenvalue weighted by molar-refractivity contribution is 6.09. The van der Waals surface area contributed by atoms with E-state index in [-0.39, 0.29) is 11.4 Å². The molecule has 108 valence electrons. The molecule has 3 rings (SSSR count). The standard InChI is InChI=1S/C16H16FN3O/c1-9(2)8-19-15-11-4-3-10(17)7-12(11)14-13(20-15)5-6-18-16(14)21/h3-7,9H,8H2,1-2H3,(H,18,21)(H,19,20). The Balaban J connectivity index is 2.35. The normalized spacial score (nSPS) is 11.4. The highest BCUT2D eigenvalue weighted by Gasteiger charge is 2.11. The van der Waals surface area contributed by atoms with Crippen molar-refractivity contribution in [1.82, 2.24) is 9.97 Å². The number of halogens is 1. The topological polar surface area (TPSA) is 57.8 Å². The summed E-state index contributed by atoms with van der Waals surface area (Å²) in [5, 5.41) is 5.02. The fourth-order valence-corrected chi connectivity index (χ4v) is 2.37. The van der Waals surface area contributed by atoms with E-state index in [4.69, 9.17) is 0 Å². The van der Waals surface area contributed by atoms with Gasteiger partial charge in [0.1, 0.15) is 11.6 Å². The van der Waals surface area contributed by atoms with E-state index in [2.05, 4.69) is 29.1 Å². The Morgan fingerprint density at radius 2 is 2.10 bits per heavy atom. The van der Waals surface area contributed by atoms with Crippen LogP contribution in [-0.2, 0) is 0 Å². The number of rotatable bonds is 3. The van der Waals surface area contributed by atoms with Crippen LogP contribution in [0.15, 0.2) is 35.3 Å². The van der Waals surface area contributed by atoms with Gasteiger partial charge in [0.25, 0.3) is 5.56 Å². The number of aromatic amines is 1. The predicted octanol–water partition coefficient (Wildman–Crippen LogP) is 3.28. The van der Waals surface area contributed by atoms with Crippen LogP contribution < -0.4 is 10.9 Å². The summed E-state index contributed by atoms with van der Waals surface area (Å²) in [5.41, 5.74) is 0.300. The summed E-state index contributed by atoms with van der Waals surface area (Å²) in [6.45, 7) is 4.95. The van der Waals surface area contributed by atoms with Gasteiger partial charge < -0.3 is 10.3 Å². The molecule has 0 atom stereocenters. The second kappa shape index (κ2) is 5.16. The molecule has 0 amide bonds. The van der Waals surface area contributed by atoms with Gasteiger partial charge >= 0.3 is 0 Å². The first-order chi connectivity index (χ1) is 10.1. The number of nitrogens with one attached hydrogen (secondary N) is 2. The monoisotopic (exact) mass is 285 g/mol. The minimum atomic E-state index is -0.368. The van der Waals surface area contributed by atoms with E-state index < -0.39 is 0 Å². The van der Waals surface area contributed by atoms with Crippen molar-refractivity contribution in [2.24, 2.45) is 5.92 Å². The van der Waals surface area contributed by atoms with Crippen LogP contribution in [0.4, 0.5) is 10.2 Å². The molecule has 2 N–H and O–H groups in total. The first-order valence-corrected chi connectivity index (χ1v) is 6.91. The van der Waals surface area contributed by atoms with E-state index in [0.717, 1.165) is 11.9 Å². The average molecular weight is 285 g/mol. The van der Waals surface area contributed by atoms with E-state index in [0.29, 0.717) is 28.0 Å². The molecule has 2 aromatic heterocycles. The highest BCUT2D eigenvalue weighted by Crippen LogP contribution is 2.28. The quantitative estimate of drug-likeness (QED) is 0.726. The maximum atomic E-state index is 13.6. The molecule has 4 nitrogen and oxygen atoms in total. The van der Waals surface area contributed by atoms with Crippen molar-refractivity contribution in [3.05, 3.63) is 46.6 Å². The maximum Gasteiger partial charge on any atom is 0.258 e. The van der Waals surface area contributed by atoms with Gasteiger partial charge in [-0.15, -0.1) is 0 Å². The molecule has 2 heterocycles. The minimum absolute atomic E-state index is 0.258. The lowest BCUT2D eigenvalue weighted by Crippen LogP contribution is -2.12. The van der Waals surface area contributed by atoms with Crippen LogP contribution in [0.3, 0.4) is 0 Å². The molecule has 0 unspecified atom stereocenters. The lowest BCUT2D eigenvalue weighted by atomic mass is 10.1. The van der Waals surface area contributed by atoms with Crippen molar-refractivity contribution in [2.75, 3.05) is 11.9 Å². The summed E-state index contributed by atoms with van der Waals surface area (Å²) in [5.74, 6) is 0.766. The molecule has 0 fully saturated rings. The summed E-state index contributed by atoms with van der Waals surface area (Å²) in [7, 11) is 0. The molecule has 0 spiro atoms. The second-order valence-corrected chi connectivity index (χ2v) is 5.49. The van der Waals surface area contributed by atoms with Gasteiger partial charge in [-0.2, -0.15) is 0 Å². The minimum Gasteiger partial charge on any atom is -0.369 e. The third-order valence-electron chi connectivity index (χ3n) is 3.35. The molecule has 0 aliphatic carbocycles. The van der Waals surface area contributed by atoms with Crippen LogP contribution in [0.1, 0.15) is 13.8 Å². The zero-order chi connectivity index (χ0) is 15.0. The molecule has 0 saturated carbocycles. The van der Waals surface area contributed by atoms with E-state index in [9.17, 15) is 9.18 Å². The van der Waals surface area contributed by atoms with E-state index in [1.165, 1.54) is 12.1 Å². The first kappa shape index (κ1) is 13.5. The molecular weight excluding hydrogens is 269 g/mol. The number of aromatic nitrogens is 2. The third kappa shape index (κ3) is 2.46. The van der Waals surface area contributed by atoms with E-state index in [1.807, 2.05) is 0 Å².